The third kappa shape index (κ3) is 7.78. The van der Waals surface area contributed by atoms with Crippen molar-refractivity contribution in [2.75, 3.05) is 25.1 Å². The van der Waals surface area contributed by atoms with E-state index in [-0.39, 0.29) is 29.1 Å². The number of ether oxygens (including phenoxy) is 2. The fourth-order valence-corrected chi connectivity index (χ4v) is 7.10. The van der Waals surface area contributed by atoms with E-state index in [0.717, 1.165) is 30.0 Å². The van der Waals surface area contributed by atoms with Crippen molar-refractivity contribution in [3.8, 4) is 11.5 Å². The summed E-state index contributed by atoms with van der Waals surface area (Å²) in [4.78, 5) is 29.3. The predicted molar refractivity (Wildman–Crippen MR) is 172 cm³/mol. The first-order valence-electron chi connectivity index (χ1n) is 14.4. The minimum atomic E-state index is -4.23. The molecule has 1 N–H and O–H groups in total. The highest BCUT2D eigenvalue weighted by atomic mass is 35.5. The number of halogens is 2. The fourth-order valence-electron chi connectivity index (χ4n) is 5.35. The molecule has 236 valence electrons. The smallest absolute Gasteiger partial charge is 0.264 e. The van der Waals surface area contributed by atoms with Crippen LogP contribution in [0.4, 0.5) is 5.69 Å². The van der Waals surface area contributed by atoms with Crippen molar-refractivity contribution >= 4 is 50.7 Å². The Balaban J connectivity index is 1.76. The molecule has 0 spiro atoms. The lowest BCUT2D eigenvalue weighted by Crippen LogP contribution is -2.53. The summed E-state index contributed by atoms with van der Waals surface area (Å²) in [5, 5.41) is 3.76. The van der Waals surface area contributed by atoms with Gasteiger partial charge in [0, 0.05) is 18.7 Å². The predicted octanol–water partition coefficient (Wildman–Crippen LogP) is 6.07. The number of amides is 2. The molecule has 0 bridgehead atoms. The van der Waals surface area contributed by atoms with Gasteiger partial charge in [-0.25, -0.2) is 8.42 Å². The van der Waals surface area contributed by atoms with Crippen molar-refractivity contribution in [3.05, 3.63) is 82.3 Å². The molecule has 4 rings (SSSR count). The molecule has 0 aromatic heterocycles. The van der Waals surface area contributed by atoms with Gasteiger partial charge >= 0.3 is 0 Å². The Morgan fingerprint density at radius 3 is 2.23 bits per heavy atom. The number of hydrogen-bond donors (Lipinski definition) is 1. The van der Waals surface area contributed by atoms with Gasteiger partial charge in [0.1, 0.15) is 12.6 Å². The normalized spacial score (nSPS) is 14.1. The Hall–Kier alpha value is -3.47. The van der Waals surface area contributed by atoms with Crippen LogP contribution in [0, 0.1) is 0 Å². The zero-order valence-electron chi connectivity index (χ0n) is 25.0. The highest BCUT2D eigenvalue weighted by Gasteiger charge is 2.35. The van der Waals surface area contributed by atoms with Crippen molar-refractivity contribution in [2.24, 2.45) is 0 Å². The molecule has 1 aliphatic rings. The molecular formula is C32H37Cl2N3O6S. The van der Waals surface area contributed by atoms with Crippen molar-refractivity contribution in [1.29, 1.82) is 0 Å². The van der Waals surface area contributed by atoms with Gasteiger partial charge in [-0.15, -0.1) is 0 Å². The van der Waals surface area contributed by atoms with Gasteiger partial charge < -0.3 is 19.7 Å². The fraction of sp³-hybridized carbons (Fsp3) is 0.375. The second-order valence-electron chi connectivity index (χ2n) is 10.5. The number of anilines is 1. The third-order valence-electron chi connectivity index (χ3n) is 7.69. The maximum Gasteiger partial charge on any atom is 0.264 e. The molecule has 3 aromatic rings. The molecular weight excluding hydrogens is 625 g/mol. The van der Waals surface area contributed by atoms with Crippen molar-refractivity contribution in [2.45, 2.75) is 62.6 Å². The Morgan fingerprint density at radius 2 is 1.61 bits per heavy atom. The summed E-state index contributed by atoms with van der Waals surface area (Å²) < 4.78 is 39.9. The molecule has 1 saturated carbocycles. The number of sulfonamides is 1. The molecule has 1 fully saturated rings. The topological polar surface area (TPSA) is 105 Å². The molecule has 44 heavy (non-hydrogen) atoms. The van der Waals surface area contributed by atoms with Crippen LogP contribution in [-0.4, -0.2) is 58.0 Å². The van der Waals surface area contributed by atoms with E-state index in [9.17, 15) is 18.0 Å². The first-order valence-corrected chi connectivity index (χ1v) is 16.6. The number of carbonyl (C=O) groups is 2. The number of methoxy groups -OCH3 is 2. The summed E-state index contributed by atoms with van der Waals surface area (Å²) in [6.45, 7) is 1.25. The van der Waals surface area contributed by atoms with Crippen LogP contribution in [0.2, 0.25) is 10.0 Å². The molecule has 1 unspecified atom stereocenters. The van der Waals surface area contributed by atoms with Crippen molar-refractivity contribution in [1.82, 2.24) is 10.2 Å². The van der Waals surface area contributed by atoms with Crippen molar-refractivity contribution in [3.63, 3.8) is 0 Å². The molecule has 12 heteroatoms. The Bertz CT molecular complexity index is 1570. The van der Waals surface area contributed by atoms with Crippen LogP contribution in [0.3, 0.4) is 0 Å². The second-order valence-corrected chi connectivity index (χ2v) is 13.2. The van der Waals surface area contributed by atoms with Crippen LogP contribution in [0.1, 0.15) is 44.6 Å². The molecule has 0 saturated heterocycles. The van der Waals surface area contributed by atoms with E-state index >= 15 is 0 Å². The monoisotopic (exact) mass is 661 g/mol. The highest BCUT2D eigenvalue weighted by Crippen LogP contribution is 2.34. The van der Waals surface area contributed by atoms with E-state index < -0.39 is 28.5 Å². The largest absolute Gasteiger partial charge is 0.493 e. The van der Waals surface area contributed by atoms with Crippen LogP contribution in [0.25, 0.3) is 0 Å². The van der Waals surface area contributed by atoms with E-state index in [4.69, 9.17) is 32.7 Å². The minimum Gasteiger partial charge on any atom is -0.493 e. The minimum absolute atomic E-state index is 0.00429. The van der Waals surface area contributed by atoms with Gasteiger partial charge in [0.2, 0.25) is 11.8 Å². The summed E-state index contributed by atoms with van der Waals surface area (Å²) >= 11 is 12.4. The molecule has 1 aliphatic carbocycles. The van der Waals surface area contributed by atoms with E-state index in [1.54, 1.807) is 48.5 Å². The summed E-state index contributed by atoms with van der Waals surface area (Å²) in [7, 11) is -1.32. The van der Waals surface area contributed by atoms with Crippen LogP contribution in [0.5, 0.6) is 11.5 Å². The SMILES string of the molecule is CCC(C(=O)NC1CCCC1)N(Cc1ccc(Cl)c(Cl)c1)C(=O)CN(c1ccc(OC)c(OC)c1)S(=O)(=O)c1ccccc1. The maximum absolute atomic E-state index is 14.3. The number of hydrogen-bond acceptors (Lipinski definition) is 6. The quantitative estimate of drug-likeness (QED) is 0.238. The average Bonchev–Trinajstić information content (AvgIpc) is 3.54. The molecule has 0 heterocycles. The Kier molecular flexibility index (Phi) is 11.4. The number of carbonyl (C=O) groups excluding carboxylic acids is 2. The van der Waals surface area contributed by atoms with Gasteiger partial charge in [-0.2, -0.15) is 0 Å². The zero-order chi connectivity index (χ0) is 31.9. The lowest BCUT2D eigenvalue weighted by atomic mass is 10.1. The van der Waals surface area contributed by atoms with Crippen LogP contribution < -0.4 is 19.1 Å². The Labute approximate surface area is 269 Å². The van der Waals surface area contributed by atoms with Gasteiger partial charge in [-0.05, 0) is 61.2 Å². The first-order chi connectivity index (χ1) is 21.1. The summed E-state index contributed by atoms with van der Waals surface area (Å²) in [6, 6.07) is 16.6. The third-order valence-corrected chi connectivity index (χ3v) is 10.2. The number of nitrogens with zero attached hydrogens (tertiary/aromatic N) is 2. The van der Waals surface area contributed by atoms with Crippen LogP contribution >= 0.6 is 23.2 Å². The lowest BCUT2D eigenvalue weighted by Gasteiger charge is -2.34. The average molecular weight is 663 g/mol. The van der Waals surface area contributed by atoms with E-state index in [1.165, 1.54) is 37.3 Å². The molecule has 9 nitrogen and oxygen atoms in total. The van der Waals surface area contributed by atoms with Crippen molar-refractivity contribution < 1.29 is 27.5 Å². The molecule has 3 aromatic carbocycles. The Morgan fingerprint density at radius 1 is 0.932 bits per heavy atom. The van der Waals surface area contributed by atoms with Gasteiger partial charge in [-0.3, -0.25) is 13.9 Å². The summed E-state index contributed by atoms with van der Waals surface area (Å²) in [5.41, 5.74) is 0.834. The highest BCUT2D eigenvalue weighted by molar-refractivity contribution is 7.92. The van der Waals surface area contributed by atoms with E-state index in [2.05, 4.69) is 5.32 Å². The molecule has 1 atom stereocenters. The molecule has 0 aliphatic heterocycles. The van der Waals surface area contributed by atoms with Crippen LogP contribution in [-0.2, 0) is 26.2 Å². The van der Waals surface area contributed by atoms with Gasteiger partial charge in [0.05, 0.1) is 34.8 Å². The summed E-state index contributed by atoms with van der Waals surface area (Å²) in [5.74, 6) is -0.161. The number of rotatable bonds is 13. The van der Waals surface area contributed by atoms with Gasteiger partial charge in [0.25, 0.3) is 10.0 Å². The molecule has 2 amide bonds. The maximum atomic E-state index is 14.3. The standard InChI is InChI=1S/C32H37Cl2N3O6S/c1-4-28(32(39)35-23-10-8-9-11-23)36(20-22-14-16-26(33)27(34)18-22)31(38)21-37(44(40,41)25-12-6-5-7-13-25)24-15-17-29(42-2)30(19-24)43-3/h5-7,12-19,23,28H,4,8-11,20-21H2,1-3H3,(H,35,39). The number of benzene rings is 3. The van der Waals surface area contributed by atoms with Crippen LogP contribution in [0.15, 0.2) is 71.6 Å². The lowest BCUT2D eigenvalue weighted by molar-refractivity contribution is -0.140. The number of nitrogens with one attached hydrogen (secondary N) is 1. The molecule has 0 radical (unpaired) electrons. The van der Waals surface area contributed by atoms with E-state index in [0.29, 0.717) is 33.5 Å². The first kappa shape index (κ1) is 33.4. The van der Waals surface area contributed by atoms with Gasteiger partial charge in [0.15, 0.2) is 11.5 Å². The zero-order valence-corrected chi connectivity index (χ0v) is 27.3. The van der Waals surface area contributed by atoms with Gasteiger partial charge in [-0.1, -0.05) is 67.2 Å². The summed E-state index contributed by atoms with van der Waals surface area (Å²) in [6.07, 6.45) is 4.14. The second kappa shape index (κ2) is 15.0. The van der Waals surface area contributed by atoms with E-state index in [1.807, 2.05) is 6.92 Å².